The fourth-order valence-corrected chi connectivity index (χ4v) is 7.16. The number of hydrogen-bond acceptors (Lipinski definition) is 3. The van der Waals surface area contributed by atoms with E-state index >= 15 is 0 Å². The molecule has 1 aromatic heterocycles. The van der Waals surface area contributed by atoms with E-state index in [1.54, 1.807) is 0 Å². The van der Waals surface area contributed by atoms with E-state index in [0.717, 1.165) is 43.5 Å². The van der Waals surface area contributed by atoms with Crippen LogP contribution in [0.25, 0.3) is 22.3 Å². The zero-order chi connectivity index (χ0) is 32.4. The van der Waals surface area contributed by atoms with Crippen molar-refractivity contribution in [3.63, 3.8) is 0 Å². The lowest BCUT2D eigenvalue weighted by molar-refractivity contribution is 0.200. The fourth-order valence-electron chi connectivity index (χ4n) is 6.89. The smallest absolute Gasteiger partial charge is 0.0432 e. The summed E-state index contributed by atoms with van der Waals surface area (Å²) in [6.07, 6.45) is 6.32. The van der Waals surface area contributed by atoms with Crippen molar-refractivity contribution >= 4 is 46.4 Å². The lowest BCUT2D eigenvalue weighted by Gasteiger charge is -2.40. The van der Waals surface area contributed by atoms with Crippen molar-refractivity contribution in [2.24, 2.45) is 0 Å². The third-order valence-corrected chi connectivity index (χ3v) is 10.7. The van der Waals surface area contributed by atoms with Crippen molar-refractivity contribution in [3.05, 3.63) is 140 Å². The summed E-state index contributed by atoms with van der Waals surface area (Å²) in [5.74, 6) is 0. The highest BCUT2D eigenvalue weighted by Gasteiger charge is 2.25. The molecule has 1 aliphatic heterocycles. The van der Waals surface area contributed by atoms with Crippen molar-refractivity contribution in [1.29, 1.82) is 0 Å². The zero-order valence-electron chi connectivity index (χ0n) is 29.0. The van der Waals surface area contributed by atoms with Crippen molar-refractivity contribution < 1.29 is 0 Å². The van der Waals surface area contributed by atoms with Gasteiger partial charge in [-0.3, -0.25) is 9.88 Å². The Kier molecular flexibility index (Phi) is 12.9. The van der Waals surface area contributed by atoms with Gasteiger partial charge in [-0.15, -0.1) is 24.8 Å². The summed E-state index contributed by atoms with van der Waals surface area (Å²) in [6.45, 7) is 17.2. The number of anilines is 1. The molecule has 4 aromatic carbocycles. The lowest BCUT2D eigenvalue weighted by atomic mass is 9.95. The molecule has 0 unspecified atom stereocenters. The highest BCUT2D eigenvalue weighted by atomic mass is 79.9. The van der Waals surface area contributed by atoms with Crippen LogP contribution in [0.3, 0.4) is 0 Å². The number of likely N-dealkylation sites (tertiary alicyclic amines) is 1. The lowest BCUT2D eigenvalue weighted by Crippen LogP contribution is -2.44. The first kappa shape index (κ1) is 37.7. The van der Waals surface area contributed by atoms with Gasteiger partial charge in [-0.2, -0.15) is 0 Å². The van der Waals surface area contributed by atoms with Crippen molar-refractivity contribution in [1.82, 2.24) is 9.88 Å². The number of nitrogens with zero attached hydrogens (tertiary/aromatic N) is 3. The van der Waals surface area contributed by atoms with Crippen LogP contribution in [0, 0.1) is 41.5 Å². The van der Waals surface area contributed by atoms with Gasteiger partial charge in [0.25, 0.3) is 0 Å². The number of benzene rings is 4. The van der Waals surface area contributed by atoms with Gasteiger partial charge in [0.05, 0.1) is 0 Å². The van der Waals surface area contributed by atoms with Crippen LogP contribution in [0.1, 0.15) is 57.3 Å². The van der Waals surface area contributed by atoms with Crippen LogP contribution in [-0.2, 0) is 13.1 Å². The molecule has 0 bridgehead atoms. The van der Waals surface area contributed by atoms with Crippen LogP contribution >= 0.6 is 40.7 Å². The Morgan fingerprint density at radius 1 is 0.646 bits per heavy atom. The van der Waals surface area contributed by atoms with Gasteiger partial charge in [0.1, 0.15) is 0 Å². The van der Waals surface area contributed by atoms with Crippen molar-refractivity contribution in [2.45, 2.75) is 73.5 Å². The number of aromatic nitrogens is 1. The third kappa shape index (κ3) is 8.71. The first-order chi connectivity index (χ1) is 22.1. The predicted octanol–water partition coefficient (Wildman–Crippen LogP) is 11.5. The summed E-state index contributed by atoms with van der Waals surface area (Å²) in [4.78, 5) is 9.89. The number of halogens is 3. The summed E-state index contributed by atoms with van der Waals surface area (Å²) in [7, 11) is 0. The highest BCUT2D eigenvalue weighted by molar-refractivity contribution is 9.10. The van der Waals surface area contributed by atoms with E-state index in [1.165, 1.54) is 72.4 Å². The minimum Gasteiger partial charge on any atom is -0.364 e. The second kappa shape index (κ2) is 16.5. The Balaban J connectivity index is 0.00000260. The molecule has 0 atom stereocenters. The van der Waals surface area contributed by atoms with Gasteiger partial charge in [0.2, 0.25) is 0 Å². The summed E-state index contributed by atoms with van der Waals surface area (Å²) >= 11 is 3.65. The molecule has 0 amide bonds. The van der Waals surface area contributed by atoms with Crippen LogP contribution in [0.15, 0.2) is 95.7 Å². The Hall–Kier alpha value is -3.15. The molecule has 1 aliphatic rings. The molecule has 6 heteroatoms. The fraction of sp³-hybridized carbons (Fsp3) is 0.310. The Bertz CT molecular complexity index is 1800. The SMILES string of the molecule is Cc1cc(-c2cncc(CN3CCC(N(Cc4cccc(-c5cc(C)c(C)c(C)c5)c4)c4ccc(Br)cc4)CC3)c2)cc(C)c1C.Cl.Cl. The Labute approximate surface area is 308 Å². The minimum absolute atomic E-state index is 0. The maximum absolute atomic E-state index is 4.65. The van der Waals surface area contributed by atoms with E-state index in [0.29, 0.717) is 6.04 Å². The molecule has 6 rings (SSSR count). The number of rotatable bonds is 8. The van der Waals surface area contributed by atoms with Crippen molar-refractivity contribution in [3.8, 4) is 22.3 Å². The van der Waals surface area contributed by atoms with Gasteiger partial charge in [-0.05, 0) is 152 Å². The highest BCUT2D eigenvalue weighted by Crippen LogP contribution is 2.31. The molecule has 1 fully saturated rings. The van der Waals surface area contributed by atoms with E-state index in [1.807, 2.05) is 12.4 Å². The van der Waals surface area contributed by atoms with E-state index in [9.17, 15) is 0 Å². The van der Waals surface area contributed by atoms with Gasteiger partial charge in [-0.1, -0.05) is 58.4 Å². The number of pyridine rings is 1. The summed E-state index contributed by atoms with van der Waals surface area (Å²) in [6, 6.07) is 30.1. The molecular weight excluding hydrogens is 697 g/mol. The second-order valence-corrected chi connectivity index (χ2v) is 14.3. The topological polar surface area (TPSA) is 19.4 Å². The molecule has 1 saturated heterocycles. The average Bonchev–Trinajstić information content (AvgIpc) is 3.06. The van der Waals surface area contributed by atoms with Gasteiger partial charge >= 0.3 is 0 Å². The minimum atomic E-state index is 0. The quantitative estimate of drug-likeness (QED) is 0.158. The molecule has 48 heavy (non-hydrogen) atoms. The average molecular weight is 746 g/mol. The molecule has 5 aromatic rings. The van der Waals surface area contributed by atoms with E-state index in [4.69, 9.17) is 0 Å². The molecule has 0 aliphatic carbocycles. The molecule has 0 spiro atoms. The largest absolute Gasteiger partial charge is 0.364 e. The normalized spacial score (nSPS) is 13.5. The number of hydrogen-bond donors (Lipinski definition) is 0. The second-order valence-electron chi connectivity index (χ2n) is 13.4. The molecule has 0 N–H and O–H groups in total. The summed E-state index contributed by atoms with van der Waals surface area (Å²) in [5, 5.41) is 0. The monoisotopic (exact) mass is 743 g/mol. The summed E-state index contributed by atoms with van der Waals surface area (Å²) < 4.78 is 1.12. The standard InChI is InChI=1S/C42H46BrN3.2ClH/c1-28-18-37(19-29(2)32(28)5)36-9-7-8-34(22-36)27-46(41-12-10-40(43)11-13-41)42-14-16-45(17-15-42)26-35-23-39(25-44-24-35)38-20-30(3)33(6)31(4)21-38;;/h7-13,18-25,42H,14-17,26-27H2,1-6H3;2*1H. The number of aryl methyl sites for hydroxylation is 4. The molecule has 0 radical (unpaired) electrons. The van der Waals surface area contributed by atoms with E-state index < -0.39 is 0 Å². The van der Waals surface area contributed by atoms with Crippen LogP contribution in [0.2, 0.25) is 0 Å². The first-order valence-electron chi connectivity index (χ1n) is 16.6. The predicted molar refractivity (Wildman–Crippen MR) is 213 cm³/mol. The van der Waals surface area contributed by atoms with Gasteiger partial charge in [0, 0.05) is 60.3 Å². The zero-order valence-corrected chi connectivity index (χ0v) is 32.2. The van der Waals surface area contributed by atoms with Gasteiger partial charge in [-0.25, -0.2) is 0 Å². The molecule has 3 nitrogen and oxygen atoms in total. The Morgan fingerprint density at radius 2 is 1.19 bits per heavy atom. The van der Waals surface area contributed by atoms with Crippen LogP contribution in [0.5, 0.6) is 0 Å². The van der Waals surface area contributed by atoms with Crippen LogP contribution in [-0.4, -0.2) is 29.0 Å². The number of piperidine rings is 1. The molecule has 0 saturated carbocycles. The van der Waals surface area contributed by atoms with Crippen molar-refractivity contribution in [2.75, 3.05) is 18.0 Å². The van der Waals surface area contributed by atoms with Crippen LogP contribution < -0.4 is 4.90 Å². The summed E-state index contributed by atoms with van der Waals surface area (Å²) in [5.41, 5.74) is 17.1. The van der Waals surface area contributed by atoms with Gasteiger partial charge < -0.3 is 4.90 Å². The van der Waals surface area contributed by atoms with Gasteiger partial charge in [0.15, 0.2) is 0 Å². The van der Waals surface area contributed by atoms with E-state index in [-0.39, 0.29) is 24.8 Å². The molecule has 2 heterocycles. The molecular formula is C42H48BrCl2N3. The molecule has 252 valence electrons. The van der Waals surface area contributed by atoms with Crippen LogP contribution in [0.4, 0.5) is 5.69 Å². The Morgan fingerprint density at radius 3 is 1.77 bits per heavy atom. The third-order valence-electron chi connectivity index (χ3n) is 10.2. The first-order valence-corrected chi connectivity index (χ1v) is 17.4. The van der Waals surface area contributed by atoms with E-state index in [2.05, 4.69) is 151 Å². The maximum Gasteiger partial charge on any atom is 0.0432 e. The maximum atomic E-state index is 4.65.